The molecule has 0 amide bonds. The predicted octanol–water partition coefficient (Wildman–Crippen LogP) is 2.78. The molecular formula is C15H15IN6S2. The number of hydrogen-bond acceptors (Lipinski definition) is 4. The van der Waals surface area contributed by atoms with E-state index in [0.717, 1.165) is 20.7 Å². The van der Waals surface area contributed by atoms with Gasteiger partial charge in [-0.25, -0.2) is 0 Å². The number of hydrazone groups is 1. The molecule has 0 aliphatic rings. The maximum Gasteiger partial charge on any atom is 0.205 e. The Kier molecular flexibility index (Phi) is 7.28. The first-order chi connectivity index (χ1) is 11.5. The highest BCUT2D eigenvalue weighted by atomic mass is 127. The lowest BCUT2D eigenvalue weighted by molar-refractivity contribution is 0.834. The summed E-state index contributed by atoms with van der Waals surface area (Å²) in [6, 6.07) is 13.5. The summed E-state index contributed by atoms with van der Waals surface area (Å²) < 4.78 is 1.15. The van der Waals surface area contributed by atoms with Crippen molar-refractivity contribution in [3.05, 3.63) is 57.9 Å². The van der Waals surface area contributed by atoms with E-state index in [-0.39, 0.29) is 5.11 Å². The van der Waals surface area contributed by atoms with Crippen LogP contribution in [0.25, 0.3) is 0 Å². The first kappa shape index (κ1) is 18.5. The fourth-order valence-corrected chi connectivity index (χ4v) is 2.23. The normalized spacial score (nSPS) is 10.7. The highest BCUT2D eigenvalue weighted by Crippen LogP contribution is 2.10. The van der Waals surface area contributed by atoms with Gasteiger partial charge in [-0.2, -0.15) is 5.10 Å². The molecule has 0 saturated heterocycles. The molecule has 2 rings (SSSR count). The zero-order chi connectivity index (χ0) is 17.4. The van der Waals surface area contributed by atoms with Crippen LogP contribution in [-0.4, -0.2) is 20.9 Å². The minimum Gasteiger partial charge on any atom is -0.331 e. The molecule has 24 heavy (non-hydrogen) atoms. The molecule has 9 heteroatoms. The highest BCUT2D eigenvalue weighted by Gasteiger charge is 2.00. The number of nitrogens with zero attached hydrogens (tertiary/aromatic N) is 2. The van der Waals surface area contributed by atoms with Gasteiger partial charge in [0.15, 0.2) is 5.11 Å². The lowest BCUT2D eigenvalue weighted by Gasteiger charge is -2.13. The van der Waals surface area contributed by atoms with Gasteiger partial charge in [-0.05, 0) is 90.3 Å². The quantitative estimate of drug-likeness (QED) is 0.238. The van der Waals surface area contributed by atoms with Gasteiger partial charge in [0.05, 0.1) is 11.4 Å². The Labute approximate surface area is 164 Å². The Balaban J connectivity index is 1.76. The number of anilines is 1. The summed E-state index contributed by atoms with van der Waals surface area (Å²) in [6.45, 7) is 1.84. The molecule has 124 valence electrons. The van der Waals surface area contributed by atoms with E-state index >= 15 is 0 Å². The van der Waals surface area contributed by atoms with E-state index in [1.807, 2.05) is 49.4 Å². The second-order valence-electron chi connectivity index (χ2n) is 4.56. The van der Waals surface area contributed by atoms with Gasteiger partial charge in [0, 0.05) is 15.5 Å². The molecule has 1 aromatic heterocycles. The van der Waals surface area contributed by atoms with Gasteiger partial charge in [0.2, 0.25) is 5.11 Å². The molecule has 1 heterocycles. The van der Waals surface area contributed by atoms with Gasteiger partial charge in [-0.1, -0.05) is 6.07 Å². The molecule has 6 nitrogen and oxygen atoms in total. The Morgan fingerprint density at radius 1 is 1.04 bits per heavy atom. The van der Waals surface area contributed by atoms with Crippen LogP contribution >= 0.6 is 47.0 Å². The molecule has 0 spiro atoms. The largest absolute Gasteiger partial charge is 0.331 e. The lowest BCUT2D eigenvalue weighted by atomic mass is 10.3. The van der Waals surface area contributed by atoms with E-state index in [1.54, 1.807) is 6.20 Å². The van der Waals surface area contributed by atoms with Crippen molar-refractivity contribution in [1.82, 2.24) is 21.3 Å². The number of nitrogens with one attached hydrogen (secondary N) is 4. The number of rotatable bonds is 3. The first-order valence-corrected chi connectivity index (χ1v) is 8.78. The van der Waals surface area contributed by atoms with Crippen LogP contribution < -0.4 is 21.6 Å². The van der Waals surface area contributed by atoms with Crippen molar-refractivity contribution in [2.45, 2.75) is 6.92 Å². The van der Waals surface area contributed by atoms with Crippen LogP contribution in [0.1, 0.15) is 12.6 Å². The third-order valence-corrected chi connectivity index (χ3v) is 3.87. The maximum atomic E-state index is 5.18. The third-order valence-electron chi connectivity index (χ3n) is 2.75. The Hall–Kier alpha value is -1.85. The Morgan fingerprint density at radius 3 is 2.42 bits per heavy atom. The van der Waals surface area contributed by atoms with Crippen molar-refractivity contribution in [3.8, 4) is 0 Å². The van der Waals surface area contributed by atoms with Crippen molar-refractivity contribution >= 4 is 68.7 Å². The second-order valence-corrected chi connectivity index (χ2v) is 6.63. The maximum absolute atomic E-state index is 5.18. The van der Waals surface area contributed by atoms with Crippen molar-refractivity contribution < 1.29 is 0 Å². The molecule has 0 bridgehead atoms. The van der Waals surface area contributed by atoms with E-state index in [1.165, 1.54) is 0 Å². The molecule has 0 aliphatic carbocycles. The molecule has 2 aromatic rings. The summed E-state index contributed by atoms with van der Waals surface area (Å²) in [5.41, 5.74) is 10.7. The van der Waals surface area contributed by atoms with Crippen LogP contribution in [0.3, 0.4) is 0 Å². The summed E-state index contributed by atoms with van der Waals surface area (Å²) in [5, 5.41) is 7.88. The molecular weight excluding hydrogens is 455 g/mol. The van der Waals surface area contributed by atoms with Gasteiger partial charge < -0.3 is 5.32 Å². The summed E-state index contributed by atoms with van der Waals surface area (Å²) >= 11 is 12.5. The number of halogens is 1. The van der Waals surface area contributed by atoms with Gasteiger partial charge in [-0.3, -0.25) is 21.3 Å². The highest BCUT2D eigenvalue weighted by molar-refractivity contribution is 14.1. The number of hydrogen-bond donors (Lipinski definition) is 4. The van der Waals surface area contributed by atoms with Crippen LogP contribution in [0.2, 0.25) is 0 Å². The Bertz CT molecular complexity index is 733. The lowest BCUT2D eigenvalue weighted by Crippen LogP contribution is -2.47. The molecule has 0 saturated carbocycles. The van der Waals surface area contributed by atoms with Crippen molar-refractivity contribution in [2.75, 3.05) is 5.32 Å². The van der Waals surface area contributed by atoms with Crippen molar-refractivity contribution in [3.63, 3.8) is 0 Å². The average Bonchev–Trinajstić information content (AvgIpc) is 2.60. The van der Waals surface area contributed by atoms with E-state index in [0.29, 0.717) is 5.11 Å². The standard InChI is InChI=1S/C15H15IN6S2/c1-10(13-4-2-3-9-17-13)19-21-15(24)22-20-14(23)18-12-7-5-11(16)6-8-12/h2-9H,1H3,(H2,18,20,23)(H2,21,22,24)/b19-10+. The van der Waals surface area contributed by atoms with Crippen molar-refractivity contribution in [1.29, 1.82) is 0 Å². The average molecular weight is 470 g/mol. The zero-order valence-electron chi connectivity index (χ0n) is 12.7. The first-order valence-electron chi connectivity index (χ1n) is 6.89. The van der Waals surface area contributed by atoms with E-state index in [4.69, 9.17) is 24.4 Å². The summed E-state index contributed by atoms with van der Waals surface area (Å²) in [5.74, 6) is 0. The van der Waals surface area contributed by atoms with Gasteiger partial charge >= 0.3 is 0 Å². The Morgan fingerprint density at radius 2 is 1.75 bits per heavy atom. The summed E-state index contributed by atoms with van der Waals surface area (Å²) in [7, 11) is 0. The smallest absolute Gasteiger partial charge is 0.205 e. The van der Waals surface area contributed by atoms with Crippen LogP contribution in [0, 0.1) is 3.57 Å². The van der Waals surface area contributed by atoms with Crippen LogP contribution in [-0.2, 0) is 0 Å². The fourth-order valence-electron chi connectivity index (χ4n) is 1.61. The van der Waals surface area contributed by atoms with Crippen LogP contribution in [0.5, 0.6) is 0 Å². The molecule has 0 aliphatic heterocycles. The number of benzene rings is 1. The molecule has 0 atom stereocenters. The van der Waals surface area contributed by atoms with E-state index in [2.05, 4.69) is 54.3 Å². The molecule has 0 unspecified atom stereocenters. The van der Waals surface area contributed by atoms with Gasteiger partial charge in [-0.15, -0.1) is 0 Å². The zero-order valence-corrected chi connectivity index (χ0v) is 16.5. The fraction of sp³-hybridized carbons (Fsp3) is 0.0667. The topological polar surface area (TPSA) is 73.4 Å². The van der Waals surface area contributed by atoms with E-state index < -0.39 is 0 Å². The van der Waals surface area contributed by atoms with Gasteiger partial charge in [0.1, 0.15) is 0 Å². The minimum atomic E-state index is 0.289. The SMILES string of the molecule is C/C(=N\NC(=S)NNC(=S)Nc1ccc(I)cc1)c1ccccn1. The van der Waals surface area contributed by atoms with Crippen LogP contribution in [0.15, 0.2) is 53.8 Å². The summed E-state index contributed by atoms with van der Waals surface area (Å²) in [6.07, 6.45) is 1.71. The third kappa shape index (κ3) is 6.34. The molecule has 0 fully saturated rings. The number of pyridine rings is 1. The van der Waals surface area contributed by atoms with Crippen molar-refractivity contribution in [2.24, 2.45) is 5.10 Å². The number of thiocarbonyl (C=S) groups is 2. The molecule has 1 aromatic carbocycles. The second kappa shape index (κ2) is 9.45. The van der Waals surface area contributed by atoms with Gasteiger partial charge in [0.25, 0.3) is 0 Å². The predicted molar refractivity (Wildman–Crippen MR) is 114 cm³/mol. The monoisotopic (exact) mass is 470 g/mol. The minimum absolute atomic E-state index is 0.289. The molecule has 0 radical (unpaired) electrons. The number of aromatic nitrogens is 1. The summed E-state index contributed by atoms with van der Waals surface area (Å²) in [4.78, 5) is 4.20. The number of hydrazine groups is 1. The van der Waals surface area contributed by atoms with Crippen LogP contribution in [0.4, 0.5) is 5.69 Å². The molecule has 4 N–H and O–H groups in total. The van der Waals surface area contributed by atoms with E-state index in [9.17, 15) is 0 Å².